The summed E-state index contributed by atoms with van der Waals surface area (Å²) in [6.45, 7) is 2.10. The lowest BCUT2D eigenvalue weighted by molar-refractivity contribution is 0.610. The molecule has 0 aliphatic heterocycles. The zero-order valence-electron chi connectivity index (χ0n) is 22.4. The van der Waals surface area contributed by atoms with Crippen LogP contribution >= 0.6 is 15.9 Å². The molecule has 6 rings (SSSR count). The van der Waals surface area contributed by atoms with Gasteiger partial charge in [0.2, 0.25) is 0 Å². The molecule has 0 amide bonds. The summed E-state index contributed by atoms with van der Waals surface area (Å²) in [5, 5.41) is 26.5. The van der Waals surface area contributed by atoms with E-state index in [0.29, 0.717) is 39.8 Å². The molecule has 10 heteroatoms. The summed E-state index contributed by atoms with van der Waals surface area (Å²) in [7, 11) is 7.07. The van der Waals surface area contributed by atoms with Crippen LogP contribution in [-0.2, 0) is 5.44 Å². The average molecular weight is 606 g/mol. The van der Waals surface area contributed by atoms with Crippen molar-refractivity contribution in [2.24, 2.45) is 0 Å². The Labute approximate surface area is 247 Å². The molecule has 0 bridgehead atoms. The summed E-state index contributed by atoms with van der Waals surface area (Å²) in [4.78, 5) is 4.58. The Kier molecular flexibility index (Phi) is 7.22. The molecule has 2 radical (unpaired) electrons. The maximum Gasteiger partial charge on any atom is 0.123 e. The molecule has 202 valence electrons. The van der Waals surface area contributed by atoms with E-state index < -0.39 is 5.44 Å². The summed E-state index contributed by atoms with van der Waals surface area (Å²) >= 11 is 3.68. The van der Waals surface area contributed by atoms with E-state index in [1.54, 1.807) is 18.3 Å². The smallest absolute Gasteiger partial charge is 0.123 e. The van der Waals surface area contributed by atoms with Gasteiger partial charge >= 0.3 is 0 Å². The molecule has 1 unspecified atom stereocenters. The average Bonchev–Trinajstić information content (AvgIpc) is 3.72. The van der Waals surface area contributed by atoms with Gasteiger partial charge < -0.3 is 10.6 Å². The van der Waals surface area contributed by atoms with E-state index in [2.05, 4.69) is 67.0 Å². The lowest BCUT2D eigenvalue weighted by Gasteiger charge is -2.32. The molecule has 2 N–H and O–H groups in total. The van der Waals surface area contributed by atoms with Gasteiger partial charge in [-0.2, -0.15) is 5.26 Å². The van der Waals surface area contributed by atoms with Crippen molar-refractivity contribution < 1.29 is 4.39 Å². The quantitative estimate of drug-likeness (QED) is 0.176. The van der Waals surface area contributed by atoms with Crippen molar-refractivity contribution in [2.45, 2.75) is 43.7 Å². The number of fused-ring (bicyclic) bond motifs is 1. The number of pyridine rings is 1. The number of nitrogens with one attached hydrogen (secondary N) is 2. The van der Waals surface area contributed by atoms with Crippen LogP contribution in [0.25, 0.3) is 10.9 Å². The van der Waals surface area contributed by atoms with E-state index in [-0.39, 0.29) is 11.9 Å². The minimum Gasteiger partial charge on any atom is -0.378 e. The third kappa shape index (κ3) is 5.30. The SMILES string of the molecule is [B]C(Nc1cc(Br)c2ncc(C#N)c(N[C@H](CC)c3ccccc3)c2c1)(c1ccc(F)cc1)c1cn(C2CC2)nn1. The van der Waals surface area contributed by atoms with Crippen molar-refractivity contribution in [3.8, 4) is 6.07 Å². The highest BCUT2D eigenvalue weighted by atomic mass is 79.9. The second-order valence-electron chi connectivity index (χ2n) is 10.3. The molecule has 2 aromatic heterocycles. The van der Waals surface area contributed by atoms with Crippen LogP contribution in [0.1, 0.15) is 60.7 Å². The van der Waals surface area contributed by atoms with Crippen molar-refractivity contribution in [1.82, 2.24) is 20.0 Å². The van der Waals surface area contributed by atoms with Crippen LogP contribution in [0.15, 0.2) is 83.6 Å². The van der Waals surface area contributed by atoms with Crippen molar-refractivity contribution in [3.05, 3.63) is 112 Å². The Morgan fingerprint density at radius 2 is 1.93 bits per heavy atom. The summed E-state index contributed by atoms with van der Waals surface area (Å²) in [6, 6.07) is 22.6. The number of hydrogen-bond acceptors (Lipinski definition) is 6. The summed E-state index contributed by atoms with van der Waals surface area (Å²) in [5.74, 6) is -0.360. The topological polar surface area (TPSA) is 91.5 Å². The Bertz CT molecular complexity index is 1750. The van der Waals surface area contributed by atoms with E-state index in [1.807, 2.05) is 41.2 Å². The number of halogens is 2. The molecule has 0 saturated heterocycles. The predicted octanol–water partition coefficient (Wildman–Crippen LogP) is 6.98. The van der Waals surface area contributed by atoms with Gasteiger partial charge in [0.1, 0.15) is 25.4 Å². The first-order chi connectivity index (χ1) is 19.9. The highest BCUT2D eigenvalue weighted by Crippen LogP contribution is 2.39. The standard InChI is InChI=1S/C31H26BBrFN7/c1-2-27(19-6-4-3-5-7-19)37-29-20(16-35)17-36-30-25(29)14-23(15-26(30)33)38-31(32,21-8-10-22(34)11-9-21)28-18-41(40-39-28)24-12-13-24/h3-11,14-15,17-18,24,27,38H,2,12-13H2,1H3,(H,36,37)/t27-,31?/m1/s1. The first-order valence-corrected chi connectivity index (χ1v) is 14.3. The van der Waals surface area contributed by atoms with E-state index in [4.69, 9.17) is 7.85 Å². The van der Waals surface area contributed by atoms with Gasteiger partial charge in [0, 0.05) is 21.7 Å². The Hall–Kier alpha value is -4.23. The Morgan fingerprint density at radius 3 is 2.61 bits per heavy atom. The summed E-state index contributed by atoms with van der Waals surface area (Å²) < 4.78 is 16.4. The molecule has 0 spiro atoms. The monoisotopic (exact) mass is 605 g/mol. The van der Waals surface area contributed by atoms with E-state index in [9.17, 15) is 9.65 Å². The molecule has 1 aliphatic carbocycles. The first-order valence-electron chi connectivity index (χ1n) is 13.5. The van der Waals surface area contributed by atoms with Gasteiger partial charge in [0.05, 0.1) is 40.5 Å². The lowest BCUT2D eigenvalue weighted by atomic mass is 9.69. The molecule has 1 fully saturated rings. The van der Waals surface area contributed by atoms with Crippen LogP contribution < -0.4 is 10.6 Å². The number of rotatable bonds is 9. The van der Waals surface area contributed by atoms with E-state index in [0.717, 1.165) is 34.7 Å². The zero-order chi connectivity index (χ0) is 28.6. The van der Waals surface area contributed by atoms with Gasteiger partial charge in [0.25, 0.3) is 0 Å². The van der Waals surface area contributed by atoms with Crippen LogP contribution in [0, 0.1) is 17.1 Å². The second-order valence-corrected chi connectivity index (χ2v) is 11.1. The summed E-state index contributed by atoms with van der Waals surface area (Å²) in [5.41, 5.74) is 3.39. The zero-order valence-corrected chi connectivity index (χ0v) is 23.9. The van der Waals surface area contributed by atoms with E-state index in [1.165, 1.54) is 12.1 Å². The normalized spacial score (nSPS) is 15.2. The van der Waals surface area contributed by atoms with Crippen molar-refractivity contribution >= 4 is 46.1 Å². The molecular formula is C31H26BBrFN7. The Morgan fingerprint density at radius 1 is 1.17 bits per heavy atom. The number of benzene rings is 3. The fraction of sp³-hybridized carbons (Fsp3) is 0.226. The largest absolute Gasteiger partial charge is 0.378 e. The molecule has 41 heavy (non-hydrogen) atoms. The summed E-state index contributed by atoms with van der Waals surface area (Å²) in [6.07, 6.45) is 6.34. The van der Waals surface area contributed by atoms with Crippen molar-refractivity contribution in [1.29, 1.82) is 5.26 Å². The van der Waals surface area contributed by atoms with Gasteiger partial charge in [-0.1, -0.05) is 54.6 Å². The number of hydrogen-bond donors (Lipinski definition) is 2. The molecule has 5 aromatic rings. The van der Waals surface area contributed by atoms with Crippen LogP contribution in [0.4, 0.5) is 15.8 Å². The van der Waals surface area contributed by atoms with Crippen molar-refractivity contribution in [3.63, 3.8) is 0 Å². The minimum absolute atomic E-state index is 0.0189. The number of nitriles is 1. The predicted molar refractivity (Wildman–Crippen MR) is 162 cm³/mol. The van der Waals surface area contributed by atoms with Crippen LogP contribution in [0.2, 0.25) is 0 Å². The maximum atomic E-state index is 13.9. The van der Waals surface area contributed by atoms with Crippen LogP contribution in [0.3, 0.4) is 0 Å². The second kappa shape index (κ2) is 11.0. The third-order valence-corrected chi connectivity index (χ3v) is 8.05. The fourth-order valence-electron chi connectivity index (χ4n) is 5.05. The molecule has 2 heterocycles. The van der Waals surface area contributed by atoms with E-state index >= 15 is 0 Å². The highest BCUT2D eigenvalue weighted by molar-refractivity contribution is 9.10. The van der Waals surface area contributed by atoms with Gasteiger partial charge in [-0.15, -0.1) is 5.10 Å². The van der Waals surface area contributed by atoms with Gasteiger partial charge in [-0.05, 0) is 70.6 Å². The maximum absolute atomic E-state index is 13.9. The molecule has 2 atom stereocenters. The van der Waals surface area contributed by atoms with Gasteiger partial charge in [0.15, 0.2) is 0 Å². The number of anilines is 2. The fourth-order valence-corrected chi connectivity index (χ4v) is 5.61. The lowest BCUT2D eigenvalue weighted by Crippen LogP contribution is -2.37. The Balaban J connectivity index is 1.46. The molecule has 3 aromatic carbocycles. The van der Waals surface area contributed by atoms with Gasteiger partial charge in [-0.3, -0.25) is 4.98 Å². The molecule has 1 aliphatic rings. The highest BCUT2D eigenvalue weighted by Gasteiger charge is 2.34. The molecule has 7 nitrogen and oxygen atoms in total. The minimum atomic E-state index is -1.32. The molecular weight excluding hydrogens is 580 g/mol. The van der Waals surface area contributed by atoms with Crippen LogP contribution in [-0.4, -0.2) is 27.8 Å². The molecule has 1 saturated carbocycles. The van der Waals surface area contributed by atoms with Gasteiger partial charge in [-0.25, -0.2) is 9.07 Å². The number of nitrogens with zero attached hydrogens (tertiary/aromatic N) is 5. The number of aromatic nitrogens is 4. The van der Waals surface area contributed by atoms with Crippen LogP contribution in [0.5, 0.6) is 0 Å². The first kappa shape index (κ1) is 27.0. The third-order valence-electron chi connectivity index (χ3n) is 7.45. The van der Waals surface area contributed by atoms with Crippen molar-refractivity contribution in [2.75, 3.05) is 10.6 Å².